The van der Waals surface area contributed by atoms with Gasteiger partial charge in [-0.15, -0.1) is 0 Å². The Morgan fingerprint density at radius 2 is 1.63 bits per heavy atom. The molecule has 2 N–H and O–H groups in total. The van der Waals surface area contributed by atoms with Gasteiger partial charge in [-0.2, -0.15) is 0 Å². The minimum absolute atomic E-state index is 0.104. The third kappa shape index (κ3) is 4.96. The standard InChI is InChI=1S/C24H25N3O3/c28-23(27-12-14-30-15-13-27)16-18-8-10-21(11-9-18)26-24(29)25-17-20-6-3-5-19-4-1-2-7-22(19)20/h1-11H,12-17H2,(H2,25,26,29). The highest BCUT2D eigenvalue weighted by Crippen LogP contribution is 2.18. The lowest BCUT2D eigenvalue weighted by atomic mass is 10.0. The van der Waals surface area contributed by atoms with Crippen molar-refractivity contribution in [1.82, 2.24) is 10.2 Å². The first kappa shape index (κ1) is 19.9. The van der Waals surface area contributed by atoms with Crippen molar-refractivity contribution in [1.29, 1.82) is 0 Å². The molecule has 1 saturated heterocycles. The van der Waals surface area contributed by atoms with Crippen molar-refractivity contribution in [3.63, 3.8) is 0 Å². The number of benzene rings is 3. The molecule has 0 aliphatic carbocycles. The summed E-state index contributed by atoms with van der Waals surface area (Å²) in [6.45, 7) is 2.94. The number of amides is 3. The molecular formula is C24H25N3O3. The Kier molecular flexibility index (Phi) is 6.25. The summed E-state index contributed by atoms with van der Waals surface area (Å²) in [5.41, 5.74) is 2.68. The molecule has 0 spiro atoms. The average molecular weight is 403 g/mol. The van der Waals surface area contributed by atoms with Crippen molar-refractivity contribution >= 4 is 28.4 Å². The molecular weight excluding hydrogens is 378 g/mol. The van der Waals surface area contributed by atoms with Gasteiger partial charge in [-0.3, -0.25) is 4.79 Å². The molecule has 0 bridgehead atoms. The smallest absolute Gasteiger partial charge is 0.319 e. The minimum atomic E-state index is -0.264. The summed E-state index contributed by atoms with van der Waals surface area (Å²) >= 11 is 0. The molecule has 3 aromatic carbocycles. The highest BCUT2D eigenvalue weighted by Gasteiger charge is 2.16. The van der Waals surface area contributed by atoms with Crippen molar-refractivity contribution in [2.24, 2.45) is 0 Å². The number of rotatable bonds is 5. The maximum Gasteiger partial charge on any atom is 0.319 e. The SMILES string of the molecule is O=C(NCc1cccc2ccccc12)Nc1ccc(CC(=O)N2CCOCC2)cc1. The lowest BCUT2D eigenvalue weighted by Gasteiger charge is -2.26. The number of hydrogen-bond donors (Lipinski definition) is 2. The molecule has 0 unspecified atom stereocenters. The van der Waals surface area contributed by atoms with Crippen LogP contribution >= 0.6 is 0 Å². The van der Waals surface area contributed by atoms with Crippen molar-refractivity contribution in [3.8, 4) is 0 Å². The number of morpholine rings is 1. The fourth-order valence-electron chi connectivity index (χ4n) is 3.60. The zero-order chi connectivity index (χ0) is 20.8. The van der Waals surface area contributed by atoms with E-state index in [2.05, 4.69) is 28.8 Å². The van der Waals surface area contributed by atoms with Gasteiger partial charge in [0.2, 0.25) is 5.91 Å². The Morgan fingerprint density at radius 3 is 2.43 bits per heavy atom. The molecule has 6 heteroatoms. The fraction of sp³-hybridized carbons (Fsp3) is 0.250. The molecule has 1 aliphatic heterocycles. The number of fused-ring (bicyclic) bond motifs is 1. The summed E-state index contributed by atoms with van der Waals surface area (Å²) in [7, 11) is 0. The van der Waals surface area contributed by atoms with Crippen LogP contribution in [-0.2, 0) is 22.5 Å². The van der Waals surface area contributed by atoms with Crippen molar-refractivity contribution in [2.45, 2.75) is 13.0 Å². The normalized spacial score (nSPS) is 13.8. The van der Waals surface area contributed by atoms with E-state index in [1.807, 2.05) is 53.4 Å². The number of urea groups is 1. The van der Waals surface area contributed by atoms with E-state index in [9.17, 15) is 9.59 Å². The molecule has 0 atom stereocenters. The number of ether oxygens (including phenoxy) is 1. The second kappa shape index (κ2) is 9.41. The van der Waals surface area contributed by atoms with Gasteiger partial charge in [0.05, 0.1) is 19.6 Å². The van der Waals surface area contributed by atoms with Gasteiger partial charge < -0.3 is 20.3 Å². The molecule has 3 amide bonds. The molecule has 154 valence electrons. The second-order valence-electron chi connectivity index (χ2n) is 7.31. The van der Waals surface area contributed by atoms with Gasteiger partial charge in [0.15, 0.2) is 0 Å². The summed E-state index contributed by atoms with van der Waals surface area (Å²) in [4.78, 5) is 26.5. The predicted octanol–water partition coefficient (Wildman–Crippen LogP) is 3.56. The van der Waals surface area contributed by atoms with Crippen LogP contribution < -0.4 is 10.6 Å². The predicted molar refractivity (Wildman–Crippen MR) is 117 cm³/mol. The van der Waals surface area contributed by atoms with Crippen molar-refractivity contribution in [2.75, 3.05) is 31.6 Å². The van der Waals surface area contributed by atoms with Crippen LogP contribution in [0.15, 0.2) is 66.7 Å². The molecule has 3 aromatic rings. The lowest BCUT2D eigenvalue weighted by Crippen LogP contribution is -2.41. The van der Waals surface area contributed by atoms with E-state index in [1.165, 1.54) is 0 Å². The third-order valence-corrected chi connectivity index (χ3v) is 5.25. The van der Waals surface area contributed by atoms with Gasteiger partial charge in [-0.05, 0) is 34.0 Å². The van der Waals surface area contributed by atoms with Crippen LogP contribution in [0, 0.1) is 0 Å². The van der Waals surface area contributed by atoms with Crippen LogP contribution in [-0.4, -0.2) is 43.1 Å². The highest BCUT2D eigenvalue weighted by molar-refractivity contribution is 5.90. The first-order valence-electron chi connectivity index (χ1n) is 10.1. The monoisotopic (exact) mass is 403 g/mol. The number of anilines is 1. The summed E-state index contributed by atoms with van der Waals surface area (Å²) in [6.07, 6.45) is 0.355. The van der Waals surface area contributed by atoms with Gasteiger partial charge in [-0.25, -0.2) is 4.79 Å². The summed E-state index contributed by atoms with van der Waals surface area (Å²) in [6, 6.07) is 21.3. The first-order chi connectivity index (χ1) is 14.7. The number of nitrogens with zero attached hydrogens (tertiary/aromatic N) is 1. The first-order valence-corrected chi connectivity index (χ1v) is 10.1. The van der Waals surface area contributed by atoms with E-state index < -0.39 is 0 Å². The number of carbonyl (C=O) groups excluding carboxylic acids is 2. The van der Waals surface area contributed by atoms with E-state index >= 15 is 0 Å². The molecule has 1 fully saturated rings. The van der Waals surface area contributed by atoms with Crippen molar-refractivity contribution in [3.05, 3.63) is 77.9 Å². The van der Waals surface area contributed by atoms with E-state index in [1.54, 1.807) is 0 Å². The molecule has 1 heterocycles. The Labute approximate surface area is 175 Å². The number of hydrogen-bond acceptors (Lipinski definition) is 3. The van der Waals surface area contributed by atoms with Crippen LogP contribution in [0.4, 0.5) is 10.5 Å². The highest BCUT2D eigenvalue weighted by atomic mass is 16.5. The Hall–Kier alpha value is -3.38. The minimum Gasteiger partial charge on any atom is -0.378 e. The van der Waals surface area contributed by atoms with Crippen LogP contribution in [0.3, 0.4) is 0 Å². The van der Waals surface area contributed by atoms with Gasteiger partial charge in [0.1, 0.15) is 0 Å². The van der Waals surface area contributed by atoms with Crippen LogP contribution in [0.25, 0.3) is 10.8 Å². The summed E-state index contributed by atoms with van der Waals surface area (Å²) < 4.78 is 5.28. The lowest BCUT2D eigenvalue weighted by molar-refractivity contribution is -0.134. The van der Waals surface area contributed by atoms with E-state index in [-0.39, 0.29) is 11.9 Å². The molecule has 0 saturated carbocycles. The van der Waals surface area contributed by atoms with Crippen LogP contribution in [0.1, 0.15) is 11.1 Å². The average Bonchev–Trinajstić information content (AvgIpc) is 2.79. The van der Waals surface area contributed by atoms with Gasteiger partial charge in [-0.1, -0.05) is 54.6 Å². The summed E-state index contributed by atoms with van der Waals surface area (Å²) in [5.74, 6) is 0.104. The van der Waals surface area contributed by atoms with E-state index in [0.29, 0.717) is 45.0 Å². The third-order valence-electron chi connectivity index (χ3n) is 5.25. The van der Waals surface area contributed by atoms with Gasteiger partial charge in [0.25, 0.3) is 0 Å². The Balaban J connectivity index is 1.29. The molecule has 4 rings (SSSR count). The van der Waals surface area contributed by atoms with Crippen LogP contribution in [0.5, 0.6) is 0 Å². The zero-order valence-electron chi connectivity index (χ0n) is 16.8. The molecule has 1 aliphatic rings. The fourth-order valence-corrected chi connectivity index (χ4v) is 3.60. The van der Waals surface area contributed by atoms with Crippen LogP contribution in [0.2, 0.25) is 0 Å². The molecule has 0 radical (unpaired) electrons. The van der Waals surface area contributed by atoms with E-state index in [0.717, 1.165) is 21.9 Å². The maximum atomic E-state index is 12.3. The van der Waals surface area contributed by atoms with Gasteiger partial charge >= 0.3 is 6.03 Å². The number of nitrogens with one attached hydrogen (secondary N) is 2. The topological polar surface area (TPSA) is 70.7 Å². The largest absolute Gasteiger partial charge is 0.378 e. The van der Waals surface area contributed by atoms with Gasteiger partial charge in [0, 0.05) is 25.3 Å². The summed E-state index contributed by atoms with van der Waals surface area (Å²) in [5, 5.41) is 8.04. The zero-order valence-corrected chi connectivity index (χ0v) is 16.8. The van der Waals surface area contributed by atoms with E-state index in [4.69, 9.17) is 4.74 Å². The molecule has 30 heavy (non-hydrogen) atoms. The Bertz CT molecular complexity index is 1020. The molecule has 0 aromatic heterocycles. The molecule has 6 nitrogen and oxygen atoms in total. The second-order valence-corrected chi connectivity index (χ2v) is 7.31. The maximum absolute atomic E-state index is 12.3. The van der Waals surface area contributed by atoms with Crippen molar-refractivity contribution < 1.29 is 14.3 Å². The quantitative estimate of drug-likeness (QED) is 0.684. The number of carbonyl (C=O) groups is 2. The Morgan fingerprint density at radius 1 is 0.900 bits per heavy atom.